The molecule has 1 aliphatic carbocycles. The molecule has 5 heteroatoms. The second kappa shape index (κ2) is 4.90. The van der Waals surface area contributed by atoms with E-state index in [2.05, 4.69) is 4.98 Å². The smallest absolute Gasteiger partial charge is 0.150 e. The molecule has 1 aliphatic rings. The number of pyridine rings is 1. The van der Waals surface area contributed by atoms with Crippen molar-refractivity contribution in [2.45, 2.75) is 18.9 Å². The summed E-state index contributed by atoms with van der Waals surface area (Å²) in [6.45, 7) is 0.712. The van der Waals surface area contributed by atoms with E-state index in [4.69, 9.17) is 5.73 Å². The molecule has 0 amide bonds. The van der Waals surface area contributed by atoms with Gasteiger partial charge in [-0.25, -0.2) is 4.39 Å². The van der Waals surface area contributed by atoms with Gasteiger partial charge in [0.25, 0.3) is 0 Å². The number of hydrogen-bond donors (Lipinski definition) is 2. The van der Waals surface area contributed by atoms with Gasteiger partial charge in [0.15, 0.2) is 5.82 Å². The summed E-state index contributed by atoms with van der Waals surface area (Å²) in [4.78, 5) is 6.15. The minimum Gasteiger partial charge on any atom is -0.398 e. The second-order valence-electron chi connectivity index (χ2n) is 5.57. The van der Waals surface area contributed by atoms with Gasteiger partial charge in [-0.3, -0.25) is 4.98 Å². The number of anilines is 2. The number of hydrogen-bond acceptors (Lipinski definition) is 4. The van der Waals surface area contributed by atoms with Crippen molar-refractivity contribution in [1.82, 2.24) is 4.98 Å². The predicted molar refractivity (Wildman–Crippen MR) is 78.1 cm³/mol. The van der Waals surface area contributed by atoms with Crippen LogP contribution in [0.15, 0.2) is 24.4 Å². The number of benzene rings is 1. The largest absolute Gasteiger partial charge is 0.398 e. The highest BCUT2D eigenvalue weighted by molar-refractivity contribution is 5.98. The highest BCUT2D eigenvalue weighted by Crippen LogP contribution is 2.34. The molecule has 0 radical (unpaired) electrons. The lowest BCUT2D eigenvalue weighted by Crippen LogP contribution is -2.37. The number of aliphatic hydroxyl groups is 1. The first-order chi connectivity index (χ1) is 9.56. The van der Waals surface area contributed by atoms with Crippen LogP contribution < -0.4 is 10.6 Å². The minimum absolute atomic E-state index is 0.195. The Hall–Kier alpha value is -1.88. The molecule has 0 unspecified atom stereocenters. The topological polar surface area (TPSA) is 62.4 Å². The van der Waals surface area contributed by atoms with Gasteiger partial charge >= 0.3 is 0 Å². The van der Waals surface area contributed by atoms with Crippen molar-refractivity contribution >= 4 is 22.3 Å². The molecule has 3 rings (SSSR count). The summed E-state index contributed by atoms with van der Waals surface area (Å²) in [6, 6.07) is 5.00. The summed E-state index contributed by atoms with van der Waals surface area (Å²) in [5, 5.41) is 10.1. The van der Waals surface area contributed by atoms with E-state index in [1.165, 1.54) is 6.07 Å². The molecule has 0 atom stereocenters. The number of aromatic nitrogens is 1. The fourth-order valence-electron chi connectivity index (χ4n) is 2.91. The van der Waals surface area contributed by atoms with Gasteiger partial charge in [0.2, 0.25) is 0 Å². The molecule has 0 bridgehead atoms. The highest BCUT2D eigenvalue weighted by Gasteiger charge is 2.29. The molecular formula is C15H18FN3O. The first-order valence-corrected chi connectivity index (χ1v) is 6.78. The molecule has 1 aromatic carbocycles. The van der Waals surface area contributed by atoms with Crippen LogP contribution in [0.4, 0.5) is 15.8 Å². The average molecular weight is 275 g/mol. The van der Waals surface area contributed by atoms with E-state index in [9.17, 15) is 9.50 Å². The van der Waals surface area contributed by atoms with Gasteiger partial charge in [-0.2, -0.15) is 0 Å². The minimum atomic E-state index is -0.351. The maximum Gasteiger partial charge on any atom is 0.150 e. The molecule has 4 nitrogen and oxygen atoms in total. The molecule has 20 heavy (non-hydrogen) atoms. The number of fused-ring (bicyclic) bond motifs is 1. The Kier molecular flexibility index (Phi) is 3.22. The maximum absolute atomic E-state index is 14.3. The summed E-state index contributed by atoms with van der Waals surface area (Å²) in [7, 11) is 1.85. The summed E-state index contributed by atoms with van der Waals surface area (Å²) in [5.41, 5.74) is 7.33. The first kappa shape index (κ1) is 13.1. The zero-order chi connectivity index (χ0) is 14.3. The van der Waals surface area contributed by atoms with Crippen LogP contribution in [0.3, 0.4) is 0 Å². The van der Waals surface area contributed by atoms with E-state index in [-0.39, 0.29) is 11.9 Å². The second-order valence-corrected chi connectivity index (χ2v) is 5.57. The number of halogens is 1. The van der Waals surface area contributed by atoms with Gasteiger partial charge in [-0.15, -0.1) is 0 Å². The first-order valence-electron chi connectivity index (χ1n) is 6.78. The third kappa shape index (κ3) is 2.18. The van der Waals surface area contributed by atoms with Gasteiger partial charge in [0, 0.05) is 30.9 Å². The normalized spacial score (nSPS) is 21.8. The van der Waals surface area contributed by atoms with Crippen molar-refractivity contribution < 1.29 is 9.50 Å². The summed E-state index contributed by atoms with van der Waals surface area (Å²) in [5.74, 6) is 0.0572. The predicted octanol–water partition coefficient (Wildman–Crippen LogP) is 2.16. The number of nitrogens with zero attached hydrogens (tertiary/aromatic N) is 2. The van der Waals surface area contributed by atoms with Gasteiger partial charge in [-0.1, -0.05) is 0 Å². The van der Waals surface area contributed by atoms with Crippen molar-refractivity contribution in [2.24, 2.45) is 5.92 Å². The lowest BCUT2D eigenvalue weighted by Gasteiger charge is -2.35. The molecule has 1 aromatic heterocycles. The molecule has 0 spiro atoms. The fraction of sp³-hybridized carbons (Fsp3) is 0.400. The molecule has 106 valence electrons. The van der Waals surface area contributed by atoms with Crippen LogP contribution in [0, 0.1) is 11.7 Å². The number of aliphatic hydroxyl groups excluding tert-OH is 1. The Bertz CT molecular complexity index is 640. The summed E-state index contributed by atoms with van der Waals surface area (Å²) in [6.07, 6.45) is 3.02. The third-order valence-electron chi connectivity index (χ3n) is 3.98. The molecule has 2 aromatic rings. The van der Waals surface area contributed by atoms with E-state index < -0.39 is 0 Å². The van der Waals surface area contributed by atoms with E-state index in [1.54, 1.807) is 12.3 Å². The Morgan fingerprint density at radius 1 is 1.50 bits per heavy atom. The fourth-order valence-corrected chi connectivity index (χ4v) is 2.91. The number of nitrogens with two attached hydrogens (primary N) is 1. The molecule has 1 heterocycles. The van der Waals surface area contributed by atoms with E-state index in [0.29, 0.717) is 29.4 Å². The van der Waals surface area contributed by atoms with Gasteiger partial charge in [0.1, 0.15) is 0 Å². The van der Waals surface area contributed by atoms with Crippen molar-refractivity contribution in [3.63, 3.8) is 0 Å². The van der Waals surface area contributed by atoms with E-state index in [0.717, 1.165) is 18.2 Å². The van der Waals surface area contributed by atoms with Crippen LogP contribution in [0.2, 0.25) is 0 Å². The molecular weight excluding hydrogens is 257 g/mol. The highest BCUT2D eigenvalue weighted by atomic mass is 19.1. The van der Waals surface area contributed by atoms with Crippen molar-refractivity contribution in [3.05, 3.63) is 30.2 Å². The number of rotatable bonds is 3. The van der Waals surface area contributed by atoms with Crippen LogP contribution in [-0.4, -0.2) is 29.8 Å². The molecule has 0 aliphatic heterocycles. The monoisotopic (exact) mass is 275 g/mol. The molecule has 1 fully saturated rings. The van der Waals surface area contributed by atoms with Crippen LogP contribution in [0.5, 0.6) is 0 Å². The zero-order valence-corrected chi connectivity index (χ0v) is 11.4. The van der Waals surface area contributed by atoms with Gasteiger partial charge in [-0.05, 0) is 37.0 Å². The van der Waals surface area contributed by atoms with Crippen molar-refractivity contribution in [1.29, 1.82) is 0 Å². The van der Waals surface area contributed by atoms with E-state index in [1.807, 2.05) is 18.0 Å². The van der Waals surface area contributed by atoms with Gasteiger partial charge < -0.3 is 15.7 Å². The van der Waals surface area contributed by atoms with Crippen LogP contribution in [0.25, 0.3) is 10.9 Å². The Balaban J connectivity index is 1.97. The van der Waals surface area contributed by atoms with Crippen molar-refractivity contribution in [3.8, 4) is 0 Å². The Labute approximate surface area is 117 Å². The van der Waals surface area contributed by atoms with Crippen molar-refractivity contribution in [2.75, 3.05) is 24.2 Å². The Morgan fingerprint density at radius 3 is 2.95 bits per heavy atom. The average Bonchev–Trinajstić information content (AvgIpc) is 2.37. The van der Waals surface area contributed by atoms with Crippen LogP contribution in [-0.2, 0) is 0 Å². The Morgan fingerprint density at radius 2 is 2.25 bits per heavy atom. The standard InChI is InChI=1S/C15H18FN3O/c1-19(8-9-5-10(20)6-9)15-12(16)7-13(17)11-3-2-4-18-14(11)15/h2-4,7,9-10,20H,5-6,8,17H2,1H3. The summed E-state index contributed by atoms with van der Waals surface area (Å²) >= 11 is 0. The lowest BCUT2D eigenvalue weighted by molar-refractivity contribution is 0.0464. The quantitative estimate of drug-likeness (QED) is 0.843. The number of nitrogen functional groups attached to an aromatic ring is 1. The molecule has 3 N–H and O–H groups in total. The lowest BCUT2D eigenvalue weighted by atomic mass is 9.82. The third-order valence-corrected chi connectivity index (χ3v) is 3.98. The SMILES string of the molecule is CN(CC1CC(O)C1)c1c(F)cc(N)c2cccnc12. The summed E-state index contributed by atoms with van der Waals surface area (Å²) < 4.78 is 14.3. The van der Waals surface area contributed by atoms with Crippen LogP contribution >= 0.6 is 0 Å². The van der Waals surface area contributed by atoms with E-state index >= 15 is 0 Å². The van der Waals surface area contributed by atoms with Gasteiger partial charge in [0.05, 0.1) is 17.3 Å². The maximum atomic E-state index is 14.3. The molecule has 1 saturated carbocycles. The zero-order valence-electron chi connectivity index (χ0n) is 11.4. The molecule has 0 saturated heterocycles. The van der Waals surface area contributed by atoms with Crippen LogP contribution in [0.1, 0.15) is 12.8 Å².